The Morgan fingerprint density at radius 1 is 1.46 bits per heavy atom. The molecule has 0 bridgehead atoms. The molecule has 0 radical (unpaired) electrons. The summed E-state index contributed by atoms with van der Waals surface area (Å²) in [7, 11) is 0. The highest BCUT2D eigenvalue weighted by atomic mass is 79.9. The zero-order valence-corrected chi connectivity index (χ0v) is 14.4. The van der Waals surface area contributed by atoms with Gasteiger partial charge in [0, 0.05) is 28.9 Å². The Labute approximate surface area is 146 Å². The molecule has 3 aromatic rings. The first kappa shape index (κ1) is 15.2. The molecule has 4 N–H and O–H groups in total. The van der Waals surface area contributed by atoms with Crippen LogP contribution in [0.3, 0.4) is 0 Å². The highest BCUT2D eigenvalue weighted by Gasteiger charge is 2.29. The SMILES string of the molecule is Nc1nc2cc(Br)ccc2c2nc(CC3CCCN3C(=O)O)[nH]c12. The van der Waals surface area contributed by atoms with Gasteiger partial charge in [-0.05, 0) is 31.0 Å². The van der Waals surface area contributed by atoms with Crippen molar-refractivity contribution in [2.24, 2.45) is 0 Å². The van der Waals surface area contributed by atoms with Crippen molar-refractivity contribution in [3.63, 3.8) is 0 Å². The Morgan fingerprint density at radius 3 is 3.08 bits per heavy atom. The quantitative estimate of drug-likeness (QED) is 0.623. The van der Waals surface area contributed by atoms with Gasteiger partial charge in [0.2, 0.25) is 0 Å². The van der Waals surface area contributed by atoms with Crippen molar-refractivity contribution in [3.8, 4) is 0 Å². The molecule has 4 rings (SSSR count). The third-order valence-corrected chi connectivity index (χ3v) is 5.01. The summed E-state index contributed by atoms with van der Waals surface area (Å²) < 4.78 is 0.931. The summed E-state index contributed by atoms with van der Waals surface area (Å²) >= 11 is 3.43. The number of fused-ring (bicyclic) bond motifs is 3. The van der Waals surface area contributed by atoms with Crippen LogP contribution in [0.2, 0.25) is 0 Å². The molecule has 3 heterocycles. The topological polar surface area (TPSA) is 108 Å². The van der Waals surface area contributed by atoms with E-state index in [9.17, 15) is 9.90 Å². The van der Waals surface area contributed by atoms with Crippen molar-refractivity contribution < 1.29 is 9.90 Å². The maximum absolute atomic E-state index is 11.3. The summed E-state index contributed by atoms with van der Waals surface area (Å²) in [6.45, 7) is 0.584. The molecule has 1 aliphatic heterocycles. The Kier molecular flexibility index (Phi) is 3.56. The van der Waals surface area contributed by atoms with E-state index in [4.69, 9.17) is 5.73 Å². The van der Waals surface area contributed by atoms with Crippen molar-refractivity contribution in [3.05, 3.63) is 28.5 Å². The number of amides is 1. The van der Waals surface area contributed by atoms with Crippen molar-refractivity contribution in [2.45, 2.75) is 25.3 Å². The summed E-state index contributed by atoms with van der Waals surface area (Å²) in [5.74, 6) is 1.14. The van der Waals surface area contributed by atoms with E-state index in [-0.39, 0.29) is 6.04 Å². The number of benzene rings is 1. The van der Waals surface area contributed by atoms with E-state index >= 15 is 0 Å². The number of carboxylic acid groups (broad SMARTS) is 1. The van der Waals surface area contributed by atoms with E-state index in [1.165, 1.54) is 4.90 Å². The second-order valence-electron chi connectivity index (χ2n) is 6.04. The van der Waals surface area contributed by atoms with Crippen LogP contribution in [0.1, 0.15) is 18.7 Å². The largest absolute Gasteiger partial charge is 0.465 e. The predicted molar refractivity (Wildman–Crippen MR) is 95.0 cm³/mol. The number of aromatic amines is 1. The van der Waals surface area contributed by atoms with E-state index < -0.39 is 6.09 Å². The molecule has 1 aromatic carbocycles. The number of imidazole rings is 1. The second kappa shape index (κ2) is 5.62. The second-order valence-corrected chi connectivity index (χ2v) is 6.96. The van der Waals surface area contributed by atoms with Gasteiger partial charge in [0.05, 0.1) is 5.52 Å². The van der Waals surface area contributed by atoms with Crippen LogP contribution in [0.4, 0.5) is 10.6 Å². The fourth-order valence-electron chi connectivity index (χ4n) is 3.41. The Morgan fingerprint density at radius 2 is 2.29 bits per heavy atom. The maximum atomic E-state index is 11.3. The average Bonchev–Trinajstić information content (AvgIpc) is 3.14. The highest BCUT2D eigenvalue weighted by Crippen LogP contribution is 2.29. The number of nitrogen functional groups attached to an aromatic ring is 1. The summed E-state index contributed by atoms with van der Waals surface area (Å²) in [6, 6.07) is 5.76. The van der Waals surface area contributed by atoms with Crippen molar-refractivity contribution in [1.29, 1.82) is 0 Å². The smallest absolute Gasteiger partial charge is 0.407 e. The minimum absolute atomic E-state index is 0.0438. The molecular weight excluding hydrogens is 374 g/mol. The van der Waals surface area contributed by atoms with E-state index in [1.807, 2.05) is 18.2 Å². The number of hydrogen-bond donors (Lipinski definition) is 3. The minimum atomic E-state index is -0.870. The van der Waals surface area contributed by atoms with Crippen LogP contribution in [0.5, 0.6) is 0 Å². The van der Waals surface area contributed by atoms with Crippen LogP contribution in [0.25, 0.3) is 21.9 Å². The molecule has 7 nitrogen and oxygen atoms in total. The number of aromatic nitrogens is 3. The summed E-state index contributed by atoms with van der Waals surface area (Å²) in [4.78, 5) is 25.1. The molecule has 1 aliphatic rings. The van der Waals surface area contributed by atoms with E-state index in [1.54, 1.807) is 0 Å². The van der Waals surface area contributed by atoms with Gasteiger partial charge in [-0.2, -0.15) is 0 Å². The molecule has 0 aliphatic carbocycles. The molecule has 1 unspecified atom stereocenters. The molecule has 24 heavy (non-hydrogen) atoms. The third-order valence-electron chi connectivity index (χ3n) is 4.52. The number of H-pyrrole nitrogens is 1. The van der Waals surface area contributed by atoms with Gasteiger partial charge in [-0.3, -0.25) is 0 Å². The number of rotatable bonds is 2. The predicted octanol–water partition coefficient (Wildman–Crippen LogP) is 3.14. The average molecular weight is 390 g/mol. The normalized spacial score (nSPS) is 17.9. The molecule has 124 valence electrons. The lowest BCUT2D eigenvalue weighted by molar-refractivity contribution is 0.140. The van der Waals surface area contributed by atoms with Gasteiger partial charge in [-0.1, -0.05) is 15.9 Å². The van der Waals surface area contributed by atoms with E-state index in [0.29, 0.717) is 24.3 Å². The van der Waals surface area contributed by atoms with E-state index in [0.717, 1.165) is 39.6 Å². The van der Waals surface area contributed by atoms with Crippen molar-refractivity contribution in [2.75, 3.05) is 12.3 Å². The Hall–Kier alpha value is -2.35. The first-order chi connectivity index (χ1) is 11.5. The Bertz CT molecular complexity index is 954. The number of nitrogens with two attached hydrogens (primary N) is 1. The number of pyridine rings is 1. The summed E-state index contributed by atoms with van der Waals surface area (Å²) in [5, 5.41) is 10.2. The minimum Gasteiger partial charge on any atom is -0.465 e. The number of likely N-dealkylation sites (tertiary alicyclic amines) is 1. The first-order valence-electron chi connectivity index (χ1n) is 7.76. The van der Waals surface area contributed by atoms with Crippen LogP contribution >= 0.6 is 15.9 Å². The lowest BCUT2D eigenvalue weighted by Crippen LogP contribution is -2.35. The molecule has 1 atom stereocenters. The van der Waals surface area contributed by atoms with Crippen molar-refractivity contribution in [1.82, 2.24) is 19.9 Å². The standard InChI is InChI=1S/C16H16BrN5O2/c17-8-3-4-10-11(6-8)19-15(18)14-13(10)20-12(21-14)7-9-2-1-5-22(9)16(23)24/h3-4,6,9H,1-2,5,7H2,(H2,18,19)(H,20,21)(H,23,24). The van der Waals surface area contributed by atoms with Crippen molar-refractivity contribution >= 4 is 49.8 Å². The molecule has 1 fully saturated rings. The molecule has 0 saturated carbocycles. The number of nitrogens with zero attached hydrogens (tertiary/aromatic N) is 3. The zero-order valence-electron chi connectivity index (χ0n) is 12.8. The number of hydrogen-bond acceptors (Lipinski definition) is 4. The number of carbonyl (C=O) groups is 1. The van der Waals surface area contributed by atoms with Gasteiger partial charge in [0.15, 0.2) is 0 Å². The fraction of sp³-hybridized carbons (Fsp3) is 0.312. The number of nitrogens with one attached hydrogen (secondary N) is 1. The molecular formula is C16H16BrN5O2. The highest BCUT2D eigenvalue weighted by molar-refractivity contribution is 9.10. The zero-order chi connectivity index (χ0) is 16.8. The van der Waals surface area contributed by atoms with E-state index in [2.05, 4.69) is 30.9 Å². The molecule has 1 amide bonds. The van der Waals surface area contributed by atoms with Crippen LogP contribution in [-0.4, -0.2) is 43.6 Å². The molecule has 2 aromatic heterocycles. The van der Waals surface area contributed by atoms with Gasteiger partial charge in [0.1, 0.15) is 22.7 Å². The molecule has 0 spiro atoms. The van der Waals surface area contributed by atoms with Gasteiger partial charge < -0.3 is 20.7 Å². The Balaban J connectivity index is 1.76. The van der Waals surface area contributed by atoms with Crippen LogP contribution in [-0.2, 0) is 6.42 Å². The lowest BCUT2D eigenvalue weighted by atomic mass is 10.1. The third kappa shape index (κ3) is 2.47. The monoisotopic (exact) mass is 389 g/mol. The summed E-state index contributed by atoms with van der Waals surface area (Å²) in [6.07, 6.45) is 1.42. The lowest BCUT2D eigenvalue weighted by Gasteiger charge is -2.20. The van der Waals surface area contributed by atoms with Gasteiger partial charge >= 0.3 is 6.09 Å². The summed E-state index contributed by atoms with van der Waals surface area (Å²) in [5.41, 5.74) is 8.33. The number of halogens is 1. The van der Waals surface area contributed by atoms with Gasteiger partial charge in [-0.15, -0.1) is 0 Å². The number of anilines is 1. The first-order valence-corrected chi connectivity index (χ1v) is 8.55. The molecule has 8 heteroatoms. The van der Waals surface area contributed by atoms with Gasteiger partial charge in [-0.25, -0.2) is 14.8 Å². The maximum Gasteiger partial charge on any atom is 0.407 e. The molecule has 1 saturated heterocycles. The fourth-order valence-corrected chi connectivity index (χ4v) is 3.75. The van der Waals surface area contributed by atoms with Crippen LogP contribution < -0.4 is 5.73 Å². The van der Waals surface area contributed by atoms with Crippen LogP contribution in [0, 0.1) is 0 Å². The van der Waals surface area contributed by atoms with Gasteiger partial charge in [0.25, 0.3) is 0 Å². The van der Waals surface area contributed by atoms with Crippen LogP contribution in [0.15, 0.2) is 22.7 Å².